The zero-order valence-electron chi connectivity index (χ0n) is 23.5. The summed E-state index contributed by atoms with van der Waals surface area (Å²) in [4.78, 5) is 25.4. The van der Waals surface area contributed by atoms with Gasteiger partial charge in [0.1, 0.15) is 0 Å². The molecule has 2 aliphatic rings. The van der Waals surface area contributed by atoms with Crippen LogP contribution in [0, 0.1) is 11.3 Å². The summed E-state index contributed by atoms with van der Waals surface area (Å²) in [6, 6.07) is 5.85. The monoisotopic (exact) mass is 534 g/mol. The maximum absolute atomic E-state index is 12.8. The molecule has 7 heteroatoms. The molecule has 3 N–H and O–H groups in total. The van der Waals surface area contributed by atoms with Crippen molar-refractivity contribution >= 4 is 18.0 Å². The molecule has 1 unspecified atom stereocenters. The molecule has 0 aromatic heterocycles. The van der Waals surface area contributed by atoms with Gasteiger partial charge in [-0.15, -0.1) is 0 Å². The Kier molecular flexibility index (Phi) is 7.57. The Bertz CT molecular complexity index is 1370. The molecular weight excluding hydrogens is 496 g/mol. The molecule has 3 atom stereocenters. The molecule has 0 spiro atoms. The van der Waals surface area contributed by atoms with Crippen LogP contribution in [0.5, 0.6) is 23.0 Å². The molecule has 4 rings (SSSR count). The smallest absolute Gasteiger partial charge is 0.338 e. The first-order chi connectivity index (χ1) is 18.3. The summed E-state index contributed by atoms with van der Waals surface area (Å²) < 4.78 is 11.5. The van der Waals surface area contributed by atoms with Crippen LogP contribution in [0.3, 0.4) is 0 Å². The van der Waals surface area contributed by atoms with Crippen molar-refractivity contribution in [3.05, 3.63) is 64.2 Å². The van der Waals surface area contributed by atoms with Crippen molar-refractivity contribution in [1.82, 2.24) is 0 Å². The fourth-order valence-electron chi connectivity index (χ4n) is 6.32. The molecule has 7 nitrogen and oxygen atoms in total. The molecule has 2 aromatic carbocycles. The quantitative estimate of drug-likeness (QED) is 0.163. The zero-order valence-corrected chi connectivity index (χ0v) is 23.5. The van der Waals surface area contributed by atoms with E-state index in [9.17, 15) is 24.9 Å². The summed E-state index contributed by atoms with van der Waals surface area (Å²) >= 11 is 0. The predicted octanol–water partition coefficient (Wildman–Crippen LogP) is 6.75. The third-order valence-corrected chi connectivity index (χ3v) is 8.21. The number of phenols is 3. The average molecular weight is 535 g/mol. The van der Waals surface area contributed by atoms with E-state index in [-0.39, 0.29) is 47.0 Å². The number of phenolic OH excluding ortho intramolecular Hbond substituents is 3. The lowest BCUT2D eigenvalue weighted by Crippen LogP contribution is -2.49. The number of allylic oxidation sites excluding steroid dienone is 2. The lowest BCUT2D eigenvalue weighted by molar-refractivity contribution is -0.129. The minimum Gasteiger partial charge on any atom is -0.504 e. The van der Waals surface area contributed by atoms with Crippen LogP contribution in [-0.4, -0.2) is 33.9 Å². The van der Waals surface area contributed by atoms with Gasteiger partial charge >= 0.3 is 11.9 Å². The van der Waals surface area contributed by atoms with Crippen LogP contribution in [0.1, 0.15) is 93.8 Å². The first-order valence-electron chi connectivity index (χ1n) is 13.4. The molecular formula is C32H38O7. The number of ether oxygens (including phenoxy) is 2. The number of carbonyl (C=O) groups excluding carboxylic acids is 2. The number of aromatic hydroxyl groups is 3. The van der Waals surface area contributed by atoms with E-state index < -0.39 is 22.8 Å². The lowest BCUT2D eigenvalue weighted by atomic mass is 9.51. The van der Waals surface area contributed by atoms with Crippen LogP contribution < -0.4 is 4.74 Å². The van der Waals surface area contributed by atoms with E-state index in [1.54, 1.807) is 0 Å². The molecule has 0 radical (unpaired) electrons. The van der Waals surface area contributed by atoms with E-state index in [1.807, 2.05) is 39.8 Å². The molecule has 0 aliphatic heterocycles. The van der Waals surface area contributed by atoms with E-state index in [1.165, 1.54) is 24.3 Å². The van der Waals surface area contributed by atoms with Crippen molar-refractivity contribution in [1.29, 1.82) is 0 Å². The summed E-state index contributed by atoms with van der Waals surface area (Å²) in [5.41, 5.74) is 2.45. The Morgan fingerprint density at radius 1 is 1.08 bits per heavy atom. The Morgan fingerprint density at radius 3 is 2.44 bits per heavy atom. The third kappa shape index (κ3) is 5.27. The fourth-order valence-corrected chi connectivity index (χ4v) is 6.32. The highest BCUT2D eigenvalue weighted by molar-refractivity contribution is 5.90. The molecule has 1 saturated carbocycles. The van der Waals surface area contributed by atoms with Crippen molar-refractivity contribution in [3.63, 3.8) is 0 Å². The first-order valence-corrected chi connectivity index (χ1v) is 13.4. The minimum atomic E-state index is -0.586. The molecule has 2 aromatic rings. The average Bonchev–Trinajstić information content (AvgIpc) is 2.84. The largest absolute Gasteiger partial charge is 0.504 e. The lowest BCUT2D eigenvalue weighted by Gasteiger charge is -2.53. The molecule has 0 bridgehead atoms. The van der Waals surface area contributed by atoms with Gasteiger partial charge in [-0.2, -0.15) is 0 Å². The van der Waals surface area contributed by atoms with E-state index in [0.29, 0.717) is 0 Å². The highest BCUT2D eigenvalue weighted by Gasteiger charge is 2.52. The number of hydrogen-bond donors (Lipinski definition) is 3. The van der Waals surface area contributed by atoms with E-state index in [2.05, 4.69) is 19.9 Å². The molecule has 0 saturated heterocycles. The van der Waals surface area contributed by atoms with Gasteiger partial charge in [-0.3, -0.25) is 0 Å². The molecule has 2 aliphatic carbocycles. The molecule has 39 heavy (non-hydrogen) atoms. The van der Waals surface area contributed by atoms with Crippen LogP contribution in [-0.2, 0) is 14.9 Å². The Labute approximate surface area is 229 Å². The van der Waals surface area contributed by atoms with E-state index in [4.69, 9.17) is 9.47 Å². The van der Waals surface area contributed by atoms with Crippen LogP contribution in [0.15, 0.2) is 42.0 Å². The number of fused-ring (bicyclic) bond motifs is 3. The third-order valence-electron chi connectivity index (χ3n) is 8.21. The second-order valence-corrected chi connectivity index (χ2v) is 11.9. The molecule has 208 valence electrons. The van der Waals surface area contributed by atoms with Gasteiger partial charge in [0.25, 0.3) is 0 Å². The van der Waals surface area contributed by atoms with E-state index in [0.717, 1.165) is 41.5 Å². The number of carbonyl (C=O) groups is 2. The van der Waals surface area contributed by atoms with Crippen molar-refractivity contribution in [2.45, 2.75) is 72.1 Å². The van der Waals surface area contributed by atoms with Gasteiger partial charge in [0.15, 0.2) is 23.0 Å². The topological polar surface area (TPSA) is 113 Å². The van der Waals surface area contributed by atoms with Gasteiger partial charge < -0.3 is 24.8 Å². The molecule has 0 heterocycles. The van der Waals surface area contributed by atoms with Crippen LogP contribution >= 0.6 is 0 Å². The number of esters is 2. The summed E-state index contributed by atoms with van der Waals surface area (Å²) in [5.74, 6) is -1.66. The maximum Gasteiger partial charge on any atom is 0.338 e. The van der Waals surface area contributed by atoms with Crippen molar-refractivity contribution in [3.8, 4) is 23.0 Å². The first kappa shape index (κ1) is 28.3. The second kappa shape index (κ2) is 10.4. The summed E-state index contributed by atoms with van der Waals surface area (Å²) in [6.07, 6.45) is 8.05. The standard InChI is InChI=1S/C32H38O7/c1-18(2)14-26(35)39-29-22(19(3)4)15-20-9-11-25-31(5,12-7-13-32(25,6)27(20)28(29)36)17-38-30(37)21-8-10-23(33)24(34)16-21/h8-11,14-16,19,25,33-34,36H,7,12-13,17H2,1-6H3/t25?,31-,32+/m1/s1. The second-order valence-electron chi connectivity index (χ2n) is 11.9. The SMILES string of the molecule is CC(C)=CC(=O)Oc1c(C(C)C)cc2c(c1O)[C@@]1(C)CCC[C@](C)(COC(=O)c3ccc(O)c(O)c3)C1C=C2. The molecule has 0 amide bonds. The van der Waals surface area contributed by atoms with Crippen LogP contribution in [0.2, 0.25) is 0 Å². The fraction of sp³-hybridized carbons (Fsp3) is 0.438. The van der Waals surface area contributed by atoms with E-state index >= 15 is 0 Å². The number of hydrogen-bond acceptors (Lipinski definition) is 7. The maximum atomic E-state index is 12.8. The van der Waals surface area contributed by atoms with Gasteiger partial charge in [0.2, 0.25) is 0 Å². The van der Waals surface area contributed by atoms with Gasteiger partial charge in [0, 0.05) is 28.0 Å². The summed E-state index contributed by atoms with van der Waals surface area (Å²) in [6.45, 7) is 12.0. The predicted molar refractivity (Wildman–Crippen MR) is 149 cm³/mol. The number of rotatable bonds is 6. The Hall–Kier alpha value is -3.74. The Balaban J connectivity index is 1.69. The highest BCUT2D eigenvalue weighted by Crippen LogP contribution is 2.59. The van der Waals surface area contributed by atoms with Crippen molar-refractivity contribution in [2.75, 3.05) is 6.61 Å². The number of benzene rings is 2. The zero-order chi connectivity index (χ0) is 28.7. The van der Waals surface area contributed by atoms with Crippen LogP contribution in [0.4, 0.5) is 0 Å². The summed E-state index contributed by atoms with van der Waals surface area (Å²) in [5, 5.41) is 31.0. The minimum absolute atomic E-state index is 0.00984. The van der Waals surface area contributed by atoms with Gasteiger partial charge in [-0.25, -0.2) is 9.59 Å². The van der Waals surface area contributed by atoms with Crippen LogP contribution in [0.25, 0.3) is 6.08 Å². The van der Waals surface area contributed by atoms with Crippen molar-refractivity contribution < 1.29 is 34.4 Å². The highest BCUT2D eigenvalue weighted by atomic mass is 16.5. The van der Waals surface area contributed by atoms with Gasteiger partial charge in [-0.1, -0.05) is 51.8 Å². The van der Waals surface area contributed by atoms with Gasteiger partial charge in [0.05, 0.1) is 12.2 Å². The van der Waals surface area contributed by atoms with Crippen molar-refractivity contribution in [2.24, 2.45) is 11.3 Å². The Morgan fingerprint density at radius 2 is 1.79 bits per heavy atom. The molecule has 1 fully saturated rings. The van der Waals surface area contributed by atoms with Gasteiger partial charge in [-0.05, 0) is 68.4 Å². The summed E-state index contributed by atoms with van der Waals surface area (Å²) in [7, 11) is 0. The normalized spacial score (nSPS) is 23.5.